The highest BCUT2D eigenvalue weighted by Gasteiger charge is 2.61. The van der Waals surface area contributed by atoms with Crippen LogP contribution in [-0.2, 0) is 20.8 Å². The third-order valence-electron chi connectivity index (χ3n) is 11.4. The number of rotatable bonds is 16. The Morgan fingerprint density at radius 1 is 0.582 bits per heavy atom. The zero-order valence-corrected chi connectivity index (χ0v) is 33.2. The molecule has 0 bridgehead atoms. The summed E-state index contributed by atoms with van der Waals surface area (Å²) in [5.41, 5.74) is 1.95. The van der Waals surface area contributed by atoms with Gasteiger partial charge in [-0.15, -0.1) is 0 Å². The average molecular weight is 753 g/mol. The van der Waals surface area contributed by atoms with E-state index in [0.717, 1.165) is 0 Å². The molecule has 2 atom stereocenters. The Morgan fingerprint density at radius 2 is 0.855 bits per heavy atom. The fourth-order valence-corrected chi connectivity index (χ4v) is 8.99. The second-order valence-corrected chi connectivity index (χ2v) is 15.1. The van der Waals surface area contributed by atoms with Gasteiger partial charge in [-0.1, -0.05) is 113 Å². The number of primary amides is 1. The van der Waals surface area contributed by atoms with Crippen LogP contribution in [0.2, 0.25) is 0 Å². The van der Waals surface area contributed by atoms with E-state index in [0.29, 0.717) is 58.1 Å². The lowest BCUT2D eigenvalue weighted by Gasteiger charge is -2.55. The molecule has 10 heteroatoms. The molecule has 4 N–H and O–H groups in total. The first-order valence-corrected chi connectivity index (χ1v) is 18.9. The van der Waals surface area contributed by atoms with Crippen LogP contribution < -0.4 is 24.7 Å². The highest BCUT2D eigenvalue weighted by atomic mass is 16.5. The van der Waals surface area contributed by atoms with Crippen LogP contribution in [0.3, 0.4) is 0 Å². The van der Waals surface area contributed by atoms with E-state index in [4.69, 9.17) is 24.7 Å². The van der Waals surface area contributed by atoms with Crippen molar-refractivity contribution < 1.29 is 38.7 Å². The average Bonchev–Trinajstić information content (AvgIpc) is 3.71. The Kier molecular flexibility index (Phi) is 12.5. The van der Waals surface area contributed by atoms with Crippen molar-refractivity contribution in [2.45, 2.75) is 76.7 Å². The monoisotopic (exact) mass is 752 g/mol. The Balaban J connectivity index is 2.02. The standard InChI is InChI=1S/C45H56N2O8/c1-29(2)39(44(50,31-19-9-13-23-35(31)52-5)32-20-10-14-24-36(32)53-6)47(42(49)43(41(46)48)27-17-18-28-43)40(30(3)4)45(51,33-21-11-15-25-37(33)54-7)34-22-12-16-26-38(34)55-8/h9-16,19-26,29-30,39-40,50-51H,17-18,27-28H2,1-8H3,(H2,46,48)/t39-,40-/m1/s1. The maximum atomic E-state index is 16.1. The third kappa shape index (κ3) is 7.02. The fraction of sp³-hybridized carbons (Fsp3) is 0.422. The molecular formula is C45H56N2O8. The summed E-state index contributed by atoms with van der Waals surface area (Å²) in [5, 5.41) is 28.1. The molecule has 0 aliphatic heterocycles. The van der Waals surface area contributed by atoms with Gasteiger partial charge in [0.05, 0.1) is 40.5 Å². The third-order valence-corrected chi connectivity index (χ3v) is 11.4. The number of aliphatic hydroxyl groups is 2. The lowest BCUT2D eigenvalue weighted by molar-refractivity contribution is -0.173. The summed E-state index contributed by atoms with van der Waals surface area (Å²) in [6.07, 6.45) is 1.65. The molecule has 0 saturated heterocycles. The fourth-order valence-electron chi connectivity index (χ4n) is 8.99. The molecule has 4 aromatic rings. The predicted octanol–water partition coefficient (Wildman–Crippen LogP) is 6.82. The van der Waals surface area contributed by atoms with E-state index < -0.39 is 52.4 Å². The summed E-state index contributed by atoms with van der Waals surface area (Å²) >= 11 is 0. The number of amides is 2. The van der Waals surface area contributed by atoms with Crippen molar-refractivity contribution in [2.75, 3.05) is 28.4 Å². The summed E-state index contributed by atoms with van der Waals surface area (Å²) in [6, 6.07) is 26.1. The van der Waals surface area contributed by atoms with Gasteiger partial charge in [0.25, 0.3) is 0 Å². The highest BCUT2D eigenvalue weighted by Crippen LogP contribution is 2.53. The molecule has 0 heterocycles. The van der Waals surface area contributed by atoms with Crippen LogP contribution in [0.15, 0.2) is 97.1 Å². The zero-order chi connectivity index (χ0) is 40.1. The van der Waals surface area contributed by atoms with Crippen molar-refractivity contribution in [1.29, 1.82) is 0 Å². The largest absolute Gasteiger partial charge is 0.496 e. The Labute approximate surface area is 325 Å². The SMILES string of the molecule is COc1ccccc1C(O)(c1ccccc1OC)[C@@H](C(C)C)N(C(=O)C1(C(N)=O)CCCC1)[C@H](C(C)C)C(O)(c1ccccc1OC)c1ccccc1OC. The summed E-state index contributed by atoms with van der Waals surface area (Å²) in [5.74, 6) is -0.930. The Hall–Kier alpha value is -5.06. The summed E-state index contributed by atoms with van der Waals surface area (Å²) in [6.45, 7) is 7.65. The molecule has 0 unspecified atom stereocenters. The van der Waals surface area contributed by atoms with Crippen LogP contribution in [0.5, 0.6) is 23.0 Å². The van der Waals surface area contributed by atoms with Gasteiger partial charge in [0.2, 0.25) is 11.8 Å². The summed E-state index contributed by atoms with van der Waals surface area (Å²) < 4.78 is 23.7. The number of nitrogens with two attached hydrogens (primary N) is 1. The van der Waals surface area contributed by atoms with E-state index in [-0.39, 0.29) is 12.8 Å². The van der Waals surface area contributed by atoms with E-state index in [1.807, 2.05) is 27.7 Å². The van der Waals surface area contributed by atoms with Gasteiger partial charge in [-0.05, 0) is 48.9 Å². The molecule has 5 rings (SSSR count). The molecule has 55 heavy (non-hydrogen) atoms. The molecule has 1 fully saturated rings. The van der Waals surface area contributed by atoms with Gasteiger partial charge in [-0.2, -0.15) is 0 Å². The minimum Gasteiger partial charge on any atom is -0.496 e. The van der Waals surface area contributed by atoms with Gasteiger partial charge >= 0.3 is 0 Å². The molecule has 294 valence electrons. The molecule has 0 radical (unpaired) electrons. The molecule has 0 aromatic heterocycles. The molecule has 10 nitrogen and oxygen atoms in total. The molecule has 1 saturated carbocycles. The zero-order valence-electron chi connectivity index (χ0n) is 33.2. The van der Waals surface area contributed by atoms with E-state index in [1.54, 1.807) is 102 Å². The minimum atomic E-state index is -2.07. The van der Waals surface area contributed by atoms with Crippen molar-refractivity contribution in [1.82, 2.24) is 4.90 Å². The normalized spacial score (nSPS) is 15.3. The first-order chi connectivity index (χ1) is 26.3. The number of ether oxygens (including phenoxy) is 4. The van der Waals surface area contributed by atoms with Crippen molar-refractivity contribution in [3.63, 3.8) is 0 Å². The van der Waals surface area contributed by atoms with E-state index in [2.05, 4.69) is 0 Å². The van der Waals surface area contributed by atoms with E-state index in [9.17, 15) is 15.0 Å². The minimum absolute atomic E-state index is 0.219. The summed E-state index contributed by atoms with van der Waals surface area (Å²) in [7, 11) is 6.09. The number of carbonyl (C=O) groups excluding carboxylic acids is 2. The number of carbonyl (C=O) groups is 2. The van der Waals surface area contributed by atoms with E-state index >= 15 is 4.79 Å². The van der Waals surface area contributed by atoms with Crippen molar-refractivity contribution in [2.24, 2.45) is 23.0 Å². The Morgan fingerprint density at radius 3 is 1.09 bits per heavy atom. The maximum Gasteiger partial charge on any atom is 0.239 e. The number of hydrogen-bond donors (Lipinski definition) is 3. The lowest BCUT2D eigenvalue weighted by Crippen LogP contribution is -2.68. The molecule has 1 aliphatic rings. The van der Waals surface area contributed by atoms with Gasteiger partial charge < -0.3 is 39.8 Å². The summed E-state index contributed by atoms with van der Waals surface area (Å²) in [4.78, 5) is 31.5. The molecule has 1 aliphatic carbocycles. The van der Waals surface area contributed by atoms with Crippen LogP contribution >= 0.6 is 0 Å². The number of nitrogens with zero attached hydrogens (tertiary/aromatic N) is 1. The molecule has 4 aromatic carbocycles. The van der Waals surface area contributed by atoms with E-state index in [1.165, 1.54) is 28.4 Å². The van der Waals surface area contributed by atoms with Crippen molar-refractivity contribution >= 4 is 11.8 Å². The van der Waals surface area contributed by atoms with Crippen LogP contribution in [0.25, 0.3) is 0 Å². The number of para-hydroxylation sites is 4. The highest BCUT2D eigenvalue weighted by molar-refractivity contribution is 6.05. The predicted molar refractivity (Wildman–Crippen MR) is 212 cm³/mol. The Bertz CT molecular complexity index is 1740. The number of benzene rings is 4. The van der Waals surface area contributed by atoms with Crippen LogP contribution in [0.1, 0.15) is 75.6 Å². The van der Waals surface area contributed by atoms with Gasteiger partial charge in [0.1, 0.15) is 39.6 Å². The molecular weight excluding hydrogens is 697 g/mol. The first kappa shape index (κ1) is 41.1. The van der Waals surface area contributed by atoms with Gasteiger partial charge in [-0.25, -0.2) is 0 Å². The number of methoxy groups -OCH3 is 4. The van der Waals surface area contributed by atoms with Crippen molar-refractivity contribution in [3.8, 4) is 23.0 Å². The quantitative estimate of drug-likeness (QED) is 0.106. The van der Waals surface area contributed by atoms with Gasteiger partial charge in [0, 0.05) is 22.3 Å². The second kappa shape index (κ2) is 16.8. The van der Waals surface area contributed by atoms with Crippen LogP contribution in [0.4, 0.5) is 0 Å². The first-order valence-electron chi connectivity index (χ1n) is 18.9. The number of hydrogen-bond acceptors (Lipinski definition) is 8. The van der Waals surface area contributed by atoms with Crippen LogP contribution in [-0.4, -0.2) is 67.5 Å². The molecule has 0 spiro atoms. The van der Waals surface area contributed by atoms with Crippen molar-refractivity contribution in [3.05, 3.63) is 119 Å². The van der Waals surface area contributed by atoms with Crippen LogP contribution in [0, 0.1) is 17.3 Å². The second-order valence-electron chi connectivity index (χ2n) is 15.1. The smallest absolute Gasteiger partial charge is 0.239 e. The molecule has 2 amide bonds. The van der Waals surface area contributed by atoms with Gasteiger partial charge in [0.15, 0.2) is 0 Å². The van der Waals surface area contributed by atoms with Gasteiger partial charge in [-0.3, -0.25) is 9.59 Å². The topological polar surface area (TPSA) is 141 Å². The maximum absolute atomic E-state index is 16.1. The lowest BCUT2D eigenvalue weighted by atomic mass is 9.68.